The van der Waals surface area contributed by atoms with Crippen LogP contribution < -0.4 is 10.1 Å². The summed E-state index contributed by atoms with van der Waals surface area (Å²) in [6.07, 6.45) is 1.88. The van der Waals surface area contributed by atoms with Crippen LogP contribution in [0.3, 0.4) is 0 Å². The Morgan fingerprint density at radius 1 is 1.65 bits per heavy atom. The number of nitriles is 1. The van der Waals surface area contributed by atoms with E-state index in [1.807, 2.05) is 0 Å². The molecule has 1 aliphatic carbocycles. The fourth-order valence-electron chi connectivity index (χ4n) is 1.94. The summed E-state index contributed by atoms with van der Waals surface area (Å²) in [4.78, 5) is 11.8. The van der Waals surface area contributed by atoms with Crippen LogP contribution in [0.1, 0.15) is 19.8 Å². The van der Waals surface area contributed by atoms with E-state index in [9.17, 15) is 9.18 Å². The van der Waals surface area contributed by atoms with Gasteiger partial charge in [-0.15, -0.1) is 0 Å². The number of hydrogen-bond acceptors (Lipinski definition) is 3. The minimum atomic E-state index is -0.854. The number of benzene rings is 1. The number of amides is 1. The molecule has 1 aromatic rings. The van der Waals surface area contributed by atoms with Crippen LogP contribution in [0.4, 0.5) is 4.39 Å². The lowest BCUT2D eigenvalue weighted by atomic mass is 9.98. The Labute approximate surface area is 121 Å². The zero-order valence-electron chi connectivity index (χ0n) is 11.0. The summed E-state index contributed by atoms with van der Waals surface area (Å²) in [6, 6.07) is 5.79. The average molecular weight is 297 g/mol. The van der Waals surface area contributed by atoms with Crippen molar-refractivity contribution < 1.29 is 13.9 Å². The molecule has 4 nitrogen and oxygen atoms in total. The van der Waals surface area contributed by atoms with Crippen LogP contribution in [0.25, 0.3) is 0 Å². The summed E-state index contributed by atoms with van der Waals surface area (Å²) in [6.45, 7) is 1.43. The zero-order valence-corrected chi connectivity index (χ0v) is 11.7. The smallest absolute Gasteiger partial charge is 0.259 e. The van der Waals surface area contributed by atoms with Gasteiger partial charge in [-0.3, -0.25) is 4.79 Å². The molecule has 1 amide bonds. The molecule has 1 saturated carbocycles. The first-order chi connectivity index (χ1) is 9.44. The maximum Gasteiger partial charge on any atom is 0.259 e. The highest BCUT2D eigenvalue weighted by atomic mass is 35.5. The van der Waals surface area contributed by atoms with E-state index >= 15 is 0 Å². The van der Waals surface area contributed by atoms with Crippen LogP contribution >= 0.6 is 11.6 Å². The number of nitrogens with zero attached hydrogens (tertiary/aromatic N) is 1. The lowest BCUT2D eigenvalue weighted by Gasteiger charge is -2.22. The molecule has 106 valence electrons. The van der Waals surface area contributed by atoms with Gasteiger partial charge in [-0.2, -0.15) is 5.26 Å². The number of hydrogen-bond donors (Lipinski definition) is 1. The Hall–Kier alpha value is -1.80. The Balaban J connectivity index is 1.90. The van der Waals surface area contributed by atoms with Crippen molar-refractivity contribution in [2.24, 2.45) is 5.92 Å². The fourth-order valence-corrected chi connectivity index (χ4v) is 2.17. The number of carbonyl (C=O) groups is 1. The molecular formula is C14H14ClFN2O2. The van der Waals surface area contributed by atoms with Gasteiger partial charge < -0.3 is 10.1 Å². The molecule has 1 unspecified atom stereocenters. The molecule has 20 heavy (non-hydrogen) atoms. The Kier molecular flexibility index (Phi) is 4.15. The number of rotatable bonds is 5. The molecule has 0 radical (unpaired) electrons. The molecule has 0 aromatic heterocycles. The minimum absolute atomic E-state index is 0.100. The normalized spacial score (nSPS) is 16.9. The second kappa shape index (κ2) is 5.68. The van der Waals surface area contributed by atoms with Gasteiger partial charge in [0.1, 0.15) is 17.1 Å². The van der Waals surface area contributed by atoms with E-state index in [2.05, 4.69) is 11.4 Å². The third-order valence-electron chi connectivity index (χ3n) is 3.28. The second-order valence-corrected chi connectivity index (χ2v) is 5.41. The third-order valence-corrected chi connectivity index (χ3v) is 3.57. The van der Waals surface area contributed by atoms with Crippen molar-refractivity contribution in [1.29, 1.82) is 5.26 Å². The molecule has 0 spiro atoms. The Morgan fingerprint density at radius 2 is 2.35 bits per heavy atom. The molecule has 0 aliphatic heterocycles. The first kappa shape index (κ1) is 14.6. The summed E-state index contributed by atoms with van der Waals surface area (Å²) >= 11 is 5.78. The molecule has 0 bridgehead atoms. The highest BCUT2D eigenvalue weighted by molar-refractivity contribution is 6.32. The average Bonchev–Trinajstić information content (AvgIpc) is 3.22. The van der Waals surface area contributed by atoms with E-state index in [0.29, 0.717) is 0 Å². The Bertz CT molecular complexity index is 569. The predicted molar refractivity (Wildman–Crippen MR) is 71.8 cm³/mol. The predicted octanol–water partition coefficient (Wildman–Crippen LogP) is 2.67. The number of halogens is 2. The van der Waals surface area contributed by atoms with Crippen molar-refractivity contribution >= 4 is 17.5 Å². The van der Waals surface area contributed by atoms with Crippen molar-refractivity contribution in [1.82, 2.24) is 5.32 Å². The zero-order chi connectivity index (χ0) is 14.8. The van der Waals surface area contributed by atoms with Crippen molar-refractivity contribution in [3.8, 4) is 11.8 Å². The molecule has 6 heteroatoms. The largest absolute Gasteiger partial charge is 0.482 e. The van der Waals surface area contributed by atoms with E-state index in [-0.39, 0.29) is 23.3 Å². The van der Waals surface area contributed by atoms with Crippen molar-refractivity contribution in [3.05, 3.63) is 29.0 Å². The number of ether oxygens (including phenoxy) is 1. The molecule has 1 atom stereocenters. The summed E-state index contributed by atoms with van der Waals surface area (Å²) in [7, 11) is 0. The summed E-state index contributed by atoms with van der Waals surface area (Å²) in [5.74, 6) is -0.446. The van der Waals surface area contributed by atoms with Crippen molar-refractivity contribution in [2.75, 3.05) is 6.61 Å². The molecule has 1 aliphatic rings. The topological polar surface area (TPSA) is 62.1 Å². The highest BCUT2D eigenvalue weighted by Gasteiger charge is 2.43. The van der Waals surface area contributed by atoms with Crippen LogP contribution in [0.5, 0.6) is 5.75 Å². The van der Waals surface area contributed by atoms with Gasteiger partial charge in [0.15, 0.2) is 6.61 Å². The van der Waals surface area contributed by atoms with Gasteiger partial charge in [0.25, 0.3) is 5.91 Å². The van der Waals surface area contributed by atoms with Crippen LogP contribution in [0, 0.1) is 23.1 Å². The molecular weight excluding hydrogens is 283 g/mol. The highest BCUT2D eigenvalue weighted by Crippen LogP contribution is 2.39. The quantitative estimate of drug-likeness (QED) is 0.908. The molecule has 0 saturated heterocycles. The standard InChI is InChI=1S/C14H14ClFN2O2/c1-14(8-17,9-2-3-9)18-13(19)7-20-12-5-4-10(16)6-11(12)15/h4-6,9H,2-3,7H2,1H3,(H,18,19). The van der Waals surface area contributed by atoms with Gasteiger partial charge in [-0.25, -0.2) is 4.39 Å². The van der Waals surface area contributed by atoms with E-state index in [1.165, 1.54) is 12.1 Å². The van der Waals surface area contributed by atoms with Crippen molar-refractivity contribution in [2.45, 2.75) is 25.3 Å². The van der Waals surface area contributed by atoms with E-state index in [1.54, 1.807) is 6.92 Å². The maximum absolute atomic E-state index is 12.9. The number of nitrogens with one attached hydrogen (secondary N) is 1. The molecule has 0 heterocycles. The first-order valence-electron chi connectivity index (χ1n) is 6.25. The van der Waals surface area contributed by atoms with Gasteiger partial charge in [0, 0.05) is 0 Å². The van der Waals surface area contributed by atoms with Crippen LogP contribution in [-0.2, 0) is 4.79 Å². The lowest BCUT2D eigenvalue weighted by Crippen LogP contribution is -2.48. The lowest BCUT2D eigenvalue weighted by molar-refractivity contribution is -0.124. The number of carbonyl (C=O) groups excluding carboxylic acids is 1. The second-order valence-electron chi connectivity index (χ2n) is 5.00. The van der Waals surface area contributed by atoms with Gasteiger partial charge in [0.2, 0.25) is 0 Å². The van der Waals surface area contributed by atoms with E-state index < -0.39 is 17.3 Å². The van der Waals surface area contributed by atoms with Gasteiger partial charge in [0.05, 0.1) is 11.1 Å². The summed E-state index contributed by atoms with van der Waals surface area (Å²) in [5, 5.41) is 11.9. The van der Waals surface area contributed by atoms with E-state index in [4.69, 9.17) is 21.6 Å². The van der Waals surface area contributed by atoms with Gasteiger partial charge in [-0.05, 0) is 43.9 Å². The van der Waals surface area contributed by atoms with E-state index in [0.717, 1.165) is 18.9 Å². The monoisotopic (exact) mass is 296 g/mol. The molecule has 2 rings (SSSR count). The fraction of sp³-hybridized carbons (Fsp3) is 0.429. The van der Waals surface area contributed by atoms with Crippen LogP contribution in [-0.4, -0.2) is 18.1 Å². The SMILES string of the molecule is CC(C#N)(NC(=O)COc1ccc(F)cc1Cl)C1CC1. The Morgan fingerprint density at radius 3 is 2.90 bits per heavy atom. The molecule has 1 aromatic carbocycles. The van der Waals surface area contributed by atoms with Crippen LogP contribution in [0.2, 0.25) is 5.02 Å². The van der Waals surface area contributed by atoms with Gasteiger partial charge in [-0.1, -0.05) is 11.6 Å². The summed E-state index contributed by atoms with van der Waals surface area (Å²) < 4.78 is 18.1. The van der Waals surface area contributed by atoms with Crippen LogP contribution in [0.15, 0.2) is 18.2 Å². The van der Waals surface area contributed by atoms with Gasteiger partial charge >= 0.3 is 0 Å². The first-order valence-corrected chi connectivity index (χ1v) is 6.62. The third kappa shape index (κ3) is 3.40. The van der Waals surface area contributed by atoms with Crippen molar-refractivity contribution in [3.63, 3.8) is 0 Å². The molecule has 1 fully saturated rings. The maximum atomic E-state index is 12.9. The molecule has 1 N–H and O–H groups in total. The summed E-state index contributed by atoms with van der Waals surface area (Å²) in [5.41, 5.74) is -0.854. The minimum Gasteiger partial charge on any atom is -0.482 e.